The summed E-state index contributed by atoms with van der Waals surface area (Å²) in [4.78, 5) is 29.2. The molecule has 1 saturated heterocycles. The molecule has 1 heterocycles. The lowest BCUT2D eigenvalue weighted by atomic mass is 9.92. The van der Waals surface area contributed by atoms with Crippen molar-refractivity contribution >= 4 is 29.1 Å². The molecular weight excluding hydrogens is 398 g/mol. The van der Waals surface area contributed by atoms with E-state index in [1.807, 2.05) is 72.4 Å². The molecule has 6 heteroatoms. The van der Waals surface area contributed by atoms with E-state index in [0.717, 1.165) is 42.6 Å². The van der Waals surface area contributed by atoms with E-state index in [-0.39, 0.29) is 11.8 Å². The molecule has 160 valence electrons. The lowest BCUT2D eigenvalue weighted by Gasteiger charge is -2.33. The zero-order valence-corrected chi connectivity index (χ0v) is 18.5. The van der Waals surface area contributed by atoms with E-state index in [1.165, 1.54) is 0 Å². The van der Waals surface area contributed by atoms with Crippen LogP contribution in [0.1, 0.15) is 41.6 Å². The molecule has 0 radical (unpaired) electrons. The normalized spacial score (nSPS) is 16.2. The molecular formula is C24H30ClN3O2. The summed E-state index contributed by atoms with van der Waals surface area (Å²) in [5.41, 5.74) is 2.66. The summed E-state index contributed by atoms with van der Waals surface area (Å²) in [5, 5.41) is 3.61. The molecule has 0 spiro atoms. The summed E-state index contributed by atoms with van der Waals surface area (Å²) >= 11 is 6.14. The van der Waals surface area contributed by atoms with Crippen LogP contribution in [0.15, 0.2) is 48.5 Å². The van der Waals surface area contributed by atoms with Crippen molar-refractivity contribution in [1.29, 1.82) is 0 Å². The van der Waals surface area contributed by atoms with Crippen molar-refractivity contribution in [3.05, 3.63) is 64.7 Å². The van der Waals surface area contributed by atoms with Gasteiger partial charge in [0.1, 0.15) is 0 Å². The first-order chi connectivity index (χ1) is 14.4. The second-order valence-electron chi connectivity index (χ2n) is 8.11. The van der Waals surface area contributed by atoms with Crippen LogP contribution in [-0.2, 0) is 11.3 Å². The number of hydrogen-bond donors (Lipinski definition) is 1. The van der Waals surface area contributed by atoms with Crippen LogP contribution >= 0.6 is 11.6 Å². The number of anilines is 1. The Morgan fingerprint density at radius 2 is 1.97 bits per heavy atom. The maximum Gasteiger partial charge on any atom is 0.253 e. The Balaban J connectivity index is 1.48. The molecule has 30 heavy (non-hydrogen) atoms. The summed E-state index contributed by atoms with van der Waals surface area (Å²) in [6.07, 6.45) is 3.29. The highest BCUT2D eigenvalue weighted by Crippen LogP contribution is 2.24. The molecule has 1 N–H and O–H groups in total. The van der Waals surface area contributed by atoms with E-state index in [2.05, 4.69) is 5.32 Å². The van der Waals surface area contributed by atoms with E-state index in [1.54, 1.807) is 0 Å². The minimum Gasteiger partial charge on any atom is -0.378 e. The molecule has 0 aliphatic carbocycles. The standard InChI is InChI=1S/C24H30ClN3O2/c1-27(2)21-10-5-9-19(15-21)24(30)28-14-6-7-18(17-28)12-13-23(29)26-16-20-8-3-4-11-22(20)25/h3-5,8-11,15,18H,6-7,12-14,16-17H2,1-2H3,(H,26,29). The molecule has 1 aliphatic rings. The van der Waals surface area contributed by atoms with Gasteiger partial charge in [0.25, 0.3) is 5.91 Å². The second-order valence-corrected chi connectivity index (χ2v) is 8.52. The molecule has 0 bridgehead atoms. The Labute approximate surface area is 184 Å². The monoisotopic (exact) mass is 427 g/mol. The Hall–Kier alpha value is -2.53. The van der Waals surface area contributed by atoms with Crippen LogP contribution < -0.4 is 10.2 Å². The van der Waals surface area contributed by atoms with E-state index in [4.69, 9.17) is 11.6 Å². The largest absolute Gasteiger partial charge is 0.378 e. The highest BCUT2D eigenvalue weighted by molar-refractivity contribution is 6.31. The lowest BCUT2D eigenvalue weighted by Crippen LogP contribution is -2.40. The van der Waals surface area contributed by atoms with Crippen molar-refractivity contribution in [3.8, 4) is 0 Å². The number of likely N-dealkylation sites (tertiary alicyclic amines) is 1. The van der Waals surface area contributed by atoms with Crippen LogP contribution in [-0.4, -0.2) is 43.9 Å². The van der Waals surface area contributed by atoms with Gasteiger partial charge < -0.3 is 15.1 Å². The molecule has 1 aliphatic heterocycles. The minimum atomic E-state index is 0.0250. The number of piperidine rings is 1. The number of rotatable bonds is 7. The van der Waals surface area contributed by atoms with Crippen molar-refractivity contribution in [2.75, 3.05) is 32.1 Å². The second kappa shape index (κ2) is 10.5. The Morgan fingerprint density at radius 3 is 2.73 bits per heavy atom. The van der Waals surface area contributed by atoms with Crippen molar-refractivity contribution in [2.45, 2.75) is 32.2 Å². The van der Waals surface area contributed by atoms with Gasteiger partial charge in [-0.05, 0) is 55.0 Å². The SMILES string of the molecule is CN(C)c1cccc(C(=O)N2CCCC(CCC(=O)NCc3ccccc3Cl)C2)c1. The first kappa shape index (κ1) is 22.2. The molecule has 0 aromatic heterocycles. The number of nitrogens with zero attached hydrogens (tertiary/aromatic N) is 2. The Morgan fingerprint density at radius 1 is 1.17 bits per heavy atom. The zero-order chi connectivity index (χ0) is 21.5. The first-order valence-corrected chi connectivity index (χ1v) is 10.9. The Kier molecular flexibility index (Phi) is 7.75. The van der Waals surface area contributed by atoms with Gasteiger partial charge in [0.05, 0.1) is 0 Å². The molecule has 1 fully saturated rings. The van der Waals surface area contributed by atoms with Crippen molar-refractivity contribution in [1.82, 2.24) is 10.2 Å². The van der Waals surface area contributed by atoms with Gasteiger partial charge in [0.15, 0.2) is 0 Å². The number of nitrogens with one attached hydrogen (secondary N) is 1. The highest BCUT2D eigenvalue weighted by Gasteiger charge is 2.25. The van der Waals surface area contributed by atoms with Crippen LogP contribution in [0.3, 0.4) is 0 Å². The third-order valence-electron chi connectivity index (χ3n) is 5.63. The Bertz CT molecular complexity index is 884. The third-order valence-corrected chi connectivity index (χ3v) is 6.00. The van der Waals surface area contributed by atoms with Gasteiger partial charge in [-0.15, -0.1) is 0 Å². The minimum absolute atomic E-state index is 0.0250. The predicted octanol–water partition coefficient (Wildman–Crippen LogP) is 4.35. The molecule has 1 unspecified atom stereocenters. The van der Waals surface area contributed by atoms with Gasteiger partial charge in [0, 0.05) is 56.4 Å². The van der Waals surface area contributed by atoms with Gasteiger partial charge in [-0.3, -0.25) is 9.59 Å². The maximum atomic E-state index is 13.0. The average Bonchev–Trinajstić information content (AvgIpc) is 2.77. The number of carbonyl (C=O) groups is 2. The topological polar surface area (TPSA) is 52.7 Å². The van der Waals surface area contributed by atoms with E-state index in [0.29, 0.717) is 30.5 Å². The lowest BCUT2D eigenvalue weighted by molar-refractivity contribution is -0.121. The summed E-state index contributed by atoms with van der Waals surface area (Å²) in [6.45, 7) is 1.93. The number of amides is 2. The van der Waals surface area contributed by atoms with Crippen LogP contribution in [0.2, 0.25) is 5.02 Å². The molecule has 0 saturated carbocycles. The fraction of sp³-hybridized carbons (Fsp3) is 0.417. The molecule has 2 aromatic carbocycles. The molecule has 5 nitrogen and oxygen atoms in total. The third kappa shape index (κ3) is 5.99. The van der Waals surface area contributed by atoms with E-state index in [9.17, 15) is 9.59 Å². The smallest absolute Gasteiger partial charge is 0.253 e. The summed E-state index contributed by atoms with van der Waals surface area (Å²) in [7, 11) is 3.94. The molecule has 2 aromatic rings. The van der Waals surface area contributed by atoms with Gasteiger partial charge in [-0.1, -0.05) is 35.9 Å². The first-order valence-electron chi connectivity index (χ1n) is 10.5. The molecule has 2 amide bonds. The fourth-order valence-corrected chi connectivity index (χ4v) is 4.05. The van der Waals surface area contributed by atoms with E-state index < -0.39 is 0 Å². The number of carbonyl (C=O) groups excluding carboxylic acids is 2. The number of halogens is 1. The number of benzene rings is 2. The van der Waals surface area contributed by atoms with Crippen LogP contribution in [0.4, 0.5) is 5.69 Å². The average molecular weight is 428 g/mol. The summed E-state index contributed by atoms with van der Waals surface area (Å²) < 4.78 is 0. The summed E-state index contributed by atoms with van der Waals surface area (Å²) in [5.74, 6) is 0.453. The fourth-order valence-electron chi connectivity index (χ4n) is 3.84. The summed E-state index contributed by atoms with van der Waals surface area (Å²) in [6, 6.07) is 15.3. The van der Waals surface area contributed by atoms with Crippen molar-refractivity contribution < 1.29 is 9.59 Å². The van der Waals surface area contributed by atoms with Crippen molar-refractivity contribution in [3.63, 3.8) is 0 Å². The quantitative estimate of drug-likeness (QED) is 0.714. The zero-order valence-electron chi connectivity index (χ0n) is 17.7. The van der Waals surface area contributed by atoms with Crippen LogP contribution in [0, 0.1) is 5.92 Å². The number of hydrogen-bond acceptors (Lipinski definition) is 3. The van der Waals surface area contributed by atoms with Crippen LogP contribution in [0.5, 0.6) is 0 Å². The highest BCUT2D eigenvalue weighted by atomic mass is 35.5. The molecule has 1 atom stereocenters. The van der Waals surface area contributed by atoms with Crippen molar-refractivity contribution in [2.24, 2.45) is 5.92 Å². The van der Waals surface area contributed by atoms with E-state index >= 15 is 0 Å². The van der Waals surface area contributed by atoms with Gasteiger partial charge in [-0.25, -0.2) is 0 Å². The molecule has 3 rings (SSSR count). The van der Waals surface area contributed by atoms with Crippen LogP contribution in [0.25, 0.3) is 0 Å². The van der Waals surface area contributed by atoms with Gasteiger partial charge in [0.2, 0.25) is 5.91 Å². The van der Waals surface area contributed by atoms with Gasteiger partial charge in [-0.2, -0.15) is 0 Å². The van der Waals surface area contributed by atoms with Gasteiger partial charge >= 0.3 is 0 Å². The maximum absolute atomic E-state index is 13.0. The predicted molar refractivity (Wildman–Crippen MR) is 122 cm³/mol.